The van der Waals surface area contributed by atoms with Gasteiger partial charge in [0.1, 0.15) is 5.75 Å². The van der Waals surface area contributed by atoms with Crippen LogP contribution in [0.3, 0.4) is 0 Å². The number of piperidine rings is 1. The van der Waals surface area contributed by atoms with E-state index in [0.29, 0.717) is 5.57 Å². The predicted molar refractivity (Wildman–Crippen MR) is 99.5 cm³/mol. The molecule has 1 saturated heterocycles. The van der Waals surface area contributed by atoms with Gasteiger partial charge >= 0.3 is 0 Å². The molecule has 0 saturated carbocycles. The van der Waals surface area contributed by atoms with E-state index in [1.807, 2.05) is 13.8 Å². The number of aromatic hydroxyl groups is 1. The van der Waals surface area contributed by atoms with Crippen molar-refractivity contribution in [1.82, 2.24) is 16.0 Å². The molecule has 26 heavy (non-hydrogen) atoms. The fourth-order valence-corrected chi connectivity index (χ4v) is 4.12. The second-order valence-electron chi connectivity index (χ2n) is 7.36. The second kappa shape index (κ2) is 7.50. The molecular weight excluding hydrogens is 330 g/mol. The number of nitrogens with one attached hydrogen (secondary N) is 3. The van der Waals surface area contributed by atoms with Crippen LogP contribution in [0.4, 0.5) is 0 Å². The summed E-state index contributed by atoms with van der Waals surface area (Å²) in [4.78, 5) is 25.0. The summed E-state index contributed by atoms with van der Waals surface area (Å²) < 4.78 is 0. The molecule has 1 aromatic rings. The quantitative estimate of drug-likeness (QED) is 0.661. The first-order valence-corrected chi connectivity index (χ1v) is 9.19. The zero-order chi connectivity index (χ0) is 18.8. The number of amides is 2. The molecule has 2 heterocycles. The molecule has 6 heteroatoms. The molecule has 0 spiro atoms. The minimum atomic E-state index is -0.196. The van der Waals surface area contributed by atoms with Crippen molar-refractivity contribution in [3.63, 3.8) is 0 Å². The third-order valence-electron chi connectivity index (χ3n) is 5.57. The zero-order valence-electron chi connectivity index (χ0n) is 15.5. The predicted octanol–water partition coefficient (Wildman–Crippen LogP) is 1.77. The fraction of sp³-hybridized carbons (Fsp3) is 0.500. The molecule has 1 fully saturated rings. The van der Waals surface area contributed by atoms with Crippen molar-refractivity contribution >= 4 is 11.8 Å². The van der Waals surface area contributed by atoms with Crippen LogP contribution >= 0.6 is 0 Å². The van der Waals surface area contributed by atoms with Gasteiger partial charge in [-0.2, -0.15) is 0 Å². The summed E-state index contributed by atoms with van der Waals surface area (Å²) in [5.41, 5.74) is 2.50. The molecule has 140 valence electrons. The lowest BCUT2D eigenvalue weighted by molar-refractivity contribution is -0.124. The van der Waals surface area contributed by atoms with Gasteiger partial charge in [-0.1, -0.05) is 17.7 Å². The minimum Gasteiger partial charge on any atom is -0.508 e. The average Bonchev–Trinajstić information content (AvgIpc) is 2.59. The van der Waals surface area contributed by atoms with Crippen LogP contribution in [0.2, 0.25) is 0 Å². The van der Waals surface area contributed by atoms with E-state index in [1.165, 1.54) is 0 Å². The van der Waals surface area contributed by atoms with Crippen LogP contribution in [0.5, 0.6) is 5.75 Å². The highest BCUT2D eigenvalue weighted by molar-refractivity contribution is 6.00. The first-order chi connectivity index (χ1) is 12.4. The van der Waals surface area contributed by atoms with E-state index in [2.05, 4.69) is 22.9 Å². The van der Waals surface area contributed by atoms with Gasteiger partial charge in [0, 0.05) is 23.6 Å². The molecule has 3 unspecified atom stereocenters. The Morgan fingerprint density at radius 3 is 2.73 bits per heavy atom. The molecule has 0 aromatic heterocycles. The van der Waals surface area contributed by atoms with Gasteiger partial charge in [0.05, 0.1) is 12.5 Å². The summed E-state index contributed by atoms with van der Waals surface area (Å²) in [6, 6.07) is 6.98. The van der Waals surface area contributed by atoms with Crippen LogP contribution in [-0.2, 0) is 9.59 Å². The lowest BCUT2D eigenvalue weighted by Gasteiger charge is -2.42. The highest BCUT2D eigenvalue weighted by Crippen LogP contribution is 2.32. The molecule has 0 aliphatic carbocycles. The molecule has 3 rings (SSSR count). The Morgan fingerprint density at radius 2 is 2.04 bits per heavy atom. The van der Waals surface area contributed by atoms with E-state index in [1.54, 1.807) is 24.3 Å². The average molecular weight is 357 g/mol. The van der Waals surface area contributed by atoms with Gasteiger partial charge in [-0.05, 0) is 51.4 Å². The van der Waals surface area contributed by atoms with E-state index in [4.69, 9.17) is 0 Å². The third-order valence-corrected chi connectivity index (χ3v) is 5.57. The van der Waals surface area contributed by atoms with Gasteiger partial charge in [0.15, 0.2) is 0 Å². The smallest absolute Gasteiger partial charge is 0.247 e. The van der Waals surface area contributed by atoms with E-state index in [9.17, 15) is 14.7 Å². The summed E-state index contributed by atoms with van der Waals surface area (Å²) in [6.45, 7) is 6.89. The molecule has 2 amide bonds. The van der Waals surface area contributed by atoms with Crippen molar-refractivity contribution in [3.8, 4) is 5.75 Å². The Balaban J connectivity index is 1.70. The summed E-state index contributed by atoms with van der Waals surface area (Å²) in [6.07, 6.45) is 0.992. The number of carbonyl (C=O) groups excluding carboxylic acids is 2. The van der Waals surface area contributed by atoms with Gasteiger partial charge in [-0.15, -0.1) is 0 Å². The van der Waals surface area contributed by atoms with E-state index < -0.39 is 0 Å². The number of fused-ring (bicyclic) bond motifs is 1. The third kappa shape index (κ3) is 3.75. The molecule has 0 bridgehead atoms. The van der Waals surface area contributed by atoms with Gasteiger partial charge in [0.25, 0.3) is 0 Å². The monoisotopic (exact) mass is 357 g/mol. The largest absolute Gasteiger partial charge is 0.508 e. The van der Waals surface area contributed by atoms with E-state index in [0.717, 1.165) is 24.1 Å². The Bertz CT molecular complexity index is 726. The molecule has 4 N–H and O–H groups in total. The van der Waals surface area contributed by atoms with Gasteiger partial charge in [-0.25, -0.2) is 0 Å². The Kier molecular flexibility index (Phi) is 5.32. The molecule has 2 aliphatic rings. The number of phenols is 1. The van der Waals surface area contributed by atoms with Crippen molar-refractivity contribution in [2.75, 3.05) is 6.54 Å². The Hall–Kier alpha value is -2.34. The lowest BCUT2D eigenvalue weighted by atomic mass is 9.76. The molecule has 4 atom stereocenters. The van der Waals surface area contributed by atoms with Crippen LogP contribution < -0.4 is 16.0 Å². The SMILES string of the molecule is CC1=C(CC(=O)N[C@@H](C)c2ccc(O)cc2)C(=O)NC2CCNC(C)C12. The van der Waals surface area contributed by atoms with Crippen molar-refractivity contribution in [3.05, 3.63) is 41.0 Å². The van der Waals surface area contributed by atoms with E-state index >= 15 is 0 Å². The first kappa shape index (κ1) is 18.5. The Morgan fingerprint density at radius 1 is 1.35 bits per heavy atom. The summed E-state index contributed by atoms with van der Waals surface area (Å²) in [5.74, 6) is 0.130. The highest BCUT2D eigenvalue weighted by atomic mass is 16.3. The van der Waals surface area contributed by atoms with Crippen LogP contribution in [-0.4, -0.2) is 35.5 Å². The summed E-state index contributed by atoms with van der Waals surface area (Å²) >= 11 is 0. The number of phenolic OH excluding ortho intramolecular Hbond substituents is 1. The molecular formula is C20H27N3O3. The standard InChI is InChI=1S/C20H27N3O3/c1-11-16(20(26)23-17-8-9-21-13(3)19(11)17)10-18(25)22-12(2)14-4-6-15(24)7-5-14/h4-7,12-13,17,19,21,24H,8-10H2,1-3H3,(H,22,25)(H,23,26)/t12-,13?,17?,19?/m0/s1. The fourth-order valence-electron chi connectivity index (χ4n) is 4.12. The molecule has 2 aliphatic heterocycles. The topological polar surface area (TPSA) is 90.5 Å². The maximum atomic E-state index is 12.5. The normalized spacial score (nSPS) is 26.7. The van der Waals surface area contributed by atoms with Crippen LogP contribution in [0.1, 0.15) is 45.2 Å². The van der Waals surface area contributed by atoms with Crippen molar-refractivity contribution < 1.29 is 14.7 Å². The molecule has 6 nitrogen and oxygen atoms in total. The highest BCUT2D eigenvalue weighted by Gasteiger charge is 2.39. The maximum absolute atomic E-state index is 12.5. The van der Waals surface area contributed by atoms with Gasteiger partial charge in [0.2, 0.25) is 11.8 Å². The second-order valence-corrected chi connectivity index (χ2v) is 7.36. The number of rotatable bonds is 4. The summed E-state index contributed by atoms with van der Waals surface area (Å²) in [5, 5.41) is 18.8. The van der Waals surface area contributed by atoms with E-state index in [-0.39, 0.29) is 48.0 Å². The number of benzene rings is 1. The molecule has 1 aromatic carbocycles. The maximum Gasteiger partial charge on any atom is 0.247 e. The van der Waals surface area contributed by atoms with Crippen molar-refractivity contribution in [2.24, 2.45) is 5.92 Å². The van der Waals surface area contributed by atoms with Crippen molar-refractivity contribution in [2.45, 2.75) is 51.7 Å². The van der Waals surface area contributed by atoms with Crippen LogP contribution in [0, 0.1) is 5.92 Å². The van der Waals surface area contributed by atoms with Gasteiger partial charge < -0.3 is 21.1 Å². The van der Waals surface area contributed by atoms with Crippen molar-refractivity contribution in [1.29, 1.82) is 0 Å². The lowest BCUT2D eigenvalue weighted by Crippen LogP contribution is -2.57. The minimum absolute atomic E-state index is 0.0794. The van der Waals surface area contributed by atoms with Gasteiger partial charge in [-0.3, -0.25) is 9.59 Å². The molecule has 0 radical (unpaired) electrons. The number of hydrogen-bond acceptors (Lipinski definition) is 4. The summed E-state index contributed by atoms with van der Waals surface area (Å²) in [7, 11) is 0. The Labute approximate surface area is 154 Å². The first-order valence-electron chi connectivity index (χ1n) is 9.19. The number of carbonyl (C=O) groups is 2. The van der Waals surface area contributed by atoms with Crippen LogP contribution in [0.15, 0.2) is 35.4 Å². The van der Waals surface area contributed by atoms with Crippen LogP contribution in [0.25, 0.3) is 0 Å². The number of hydrogen-bond donors (Lipinski definition) is 4. The zero-order valence-corrected chi connectivity index (χ0v) is 15.5.